The van der Waals surface area contributed by atoms with Crippen molar-refractivity contribution in [3.05, 3.63) is 187 Å². The summed E-state index contributed by atoms with van der Waals surface area (Å²) >= 11 is 1.96. The number of rotatable bonds is 5. The van der Waals surface area contributed by atoms with E-state index in [4.69, 9.17) is 0 Å². The molecule has 0 aromatic heterocycles. The van der Waals surface area contributed by atoms with Gasteiger partial charge in [-0.3, -0.25) is 0 Å². The third-order valence-electron chi connectivity index (χ3n) is 13.2. The first-order valence-electron chi connectivity index (χ1n) is 21.0. The summed E-state index contributed by atoms with van der Waals surface area (Å²) in [6.45, 7) is 14.2. The molecule has 3 heterocycles. The number of benzene rings is 8. The summed E-state index contributed by atoms with van der Waals surface area (Å²) in [5.41, 5.74) is 17.3. The van der Waals surface area contributed by atoms with Crippen LogP contribution in [0.15, 0.2) is 180 Å². The zero-order chi connectivity index (χ0) is 40.2. The molecule has 0 bridgehead atoms. The van der Waals surface area contributed by atoms with Crippen molar-refractivity contribution in [2.45, 2.75) is 50.2 Å². The smallest absolute Gasteiger partial charge is 0.249 e. The topological polar surface area (TPSA) is 3.24 Å². The Morgan fingerprint density at radius 1 is 0.508 bits per heavy atom. The van der Waals surface area contributed by atoms with Crippen LogP contribution in [0.2, 0.25) is 19.6 Å². The van der Waals surface area contributed by atoms with Gasteiger partial charge in [0.25, 0.3) is 0 Å². The third kappa shape index (κ3) is 5.44. The molecule has 0 saturated carbocycles. The maximum Gasteiger partial charge on any atom is 0.249 e. The Morgan fingerprint density at radius 2 is 1.15 bits per heavy atom. The summed E-state index contributed by atoms with van der Waals surface area (Å²) in [6, 6.07) is 65.9. The Morgan fingerprint density at radius 3 is 1.83 bits per heavy atom. The van der Waals surface area contributed by atoms with E-state index in [9.17, 15) is 0 Å². The molecule has 5 heteroatoms. The second-order valence-corrected chi connectivity index (χ2v) is 27.8. The van der Waals surface area contributed by atoms with Crippen molar-refractivity contribution in [3.8, 4) is 22.3 Å². The summed E-state index contributed by atoms with van der Waals surface area (Å²) < 4.78 is 0. The lowest BCUT2D eigenvalue weighted by Crippen LogP contribution is -2.73. The lowest BCUT2D eigenvalue weighted by atomic mass is 9.34. The molecule has 0 unspecified atom stereocenters. The molecule has 284 valence electrons. The fraction of sp³-hybridized carbons (Fsp3) is 0.111. The fourth-order valence-electron chi connectivity index (χ4n) is 10.6. The lowest BCUT2D eigenvalue weighted by molar-refractivity contribution is 1.20. The number of para-hydroxylation sites is 1. The largest absolute Gasteiger partial charge is 0.311 e. The first-order chi connectivity index (χ1) is 28.6. The van der Waals surface area contributed by atoms with Crippen LogP contribution < -0.4 is 47.2 Å². The molecule has 11 rings (SSSR count). The van der Waals surface area contributed by atoms with Crippen molar-refractivity contribution in [1.82, 2.24) is 0 Å². The molecule has 3 aliphatic rings. The van der Waals surface area contributed by atoms with E-state index in [1.165, 1.54) is 108 Å². The van der Waals surface area contributed by atoms with Gasteiger partial charge in [-0.15, -0.1) is 0 Å². The molecule has 0 amide bonds. The first-order valence-corrected chi connectivity index (χ1v) is 27.3. The van der Waals surface area contributed by atoms with Crippen LogP contribution in [-0.4, -0.2) is 22.9 Å². The van der Waals surface area contributed by atoms with Crippen LogP contribution in [0.1, 0.15) is 16.7 Å². The van der Waals surface area contributed by atoms with E-state index >= 15 is 0 Å². The van der Waals surface area contributed by atoms with E-state index in [0.29, 0.717) is 0 Å². The van der Waals surface area contributed by atoms with E-state index in [-0.39, 0.29) is 6.71 Å². The predicted molar refractivity (Wildman–Crippen MR) is 262 cm³/mol. The second kappa shape index (κ2) is 13.5. The molecule has 0 atom stereocenters. The van der Waals surface area contributed by atoms with Crippen LogP contribution in [0.3, 0.4) is 0 Å². The summed E-state index contributed by atoms with van der Waals surface area (Å²) in [7, 11) is -4.13. The maximum atomic E-state index is 2.66. The molecule has 0 N–H and O–H groups in total. The van der Waals surface area contributed by atoms with Gasteiger partial charge in [0.05, 0.1) is 13.8 Å². The molecule has 3 aliphatic heterocycles. The summed E-state index contributed by atoms with van der Waals surface area (Å²) in [5, 5.41) is 7.31. The molecule has 8 aromatic carbocycles. The highest BCUT2D eigenvalue weighted by Crippen LogP contribution is 2.45. The van der Waals surface area contributed by atoms with Gasteiger partial charge < -0.3 is 4.90 Å². The van der Waals surface area contributed by atoms with Gasteiger partial charge in [-0.2, -0.15) is 0 Å². The Hall–Kier alpha value is -5.59. The van der Waals surface area contributed by atoms with Crippen LogP contribution in [0.25, 0.3) is 22.3 Å². The normalized spacial score (nSPS) is 14.3. The Kier molecular flexibility index (Phi) is 8.33. The van der Waals surface area contributed by atoms with Crippen molar-refractivity contribution in [3.63, 3.8) is 0 Å². The van der Waals surface area contributed by atoms with Crippen LogP contribution in [0.5, 0.6) is 0 Å². The highest BCUT2D eigenvalue weighted by atomic mass is 32.2. The van der Waals surface area contributed by atoms with Crippen LogP contribution in [0, 0.1) is 20.8 Å². The van der Waals surface area contributed by atoms with Crippen molar-refractivity contribution in [2.24, 2.45) is 0 Å². The van der Waals surface area contributed by atoms with Gasteiger partial charge in [0.2, 0.25) is 6.71 Å². The van der Waals surface area contributed by atoms with Gasteiger partial charge in [0.15, 0.2) is 8.07 Å². The monoisotopic (exact) mass is 807 g/mol. The minimum absolute atomic E-state index is 0.0957. The number of fused-ring (bicyclic) bond motifs is 7. The highest BCUT2D eigenvalue weighted by Gasteiger charge is 2.51. The van der Waals surface area contributed by atoms with Crippen molar-refractivity contribution >= 4 is 94.0 Å². The van der Waals surface area contributed by atoms with E-state index in [0.717, 1.165) is 0 Å². The number of hydrogen-bond donors (Lipinski definition) is 0. The Bertz CT molecular complexity index is 2930. The molecule has 1 nitrogen and oxygen atoms in total. The van der Waals surface area contributed by atoms with Gasteiger partial charge in [0, 0.05) is 21.2 Å². The molecule has 0 saturated heterocycles. The molecular weight excluding hydrogens is 762 g/mol. The zero-order valence-corrected chi connectivity index (χ0v) is 37.4. The van der Waals surface area contributed by atoms with Gasteiger partial charge in [0.1, 0.15) is 0 Å². The molecular formula is C54H46BNSSi2. The summed E-state index contributed by atoms with van der Waals surface area (Å²) in [6.07, 6.45) is 0. The number of hydrogen-bond acceptors (Lipinski definition) is 2. The van der Waals surface area contributed by atoms with Crippen molar-refractivity contribution < 1.29 is 0 Å². The Labute approximate surface area is 355 Å². The highest BCUT2D eigenvalue weighted by molar-refractivity contribution is 8.00. The van der Waals surface area contributed by atoms with E-state index in [1.807, 2.05) is 11.8 Å². The zero-order valence-electron chi connectivity index (χ0n) is 34.6. The van der Waals surface area contributed by atoms with Gasteiger partial charge in [-0.05, 0) is 116 Å². The maximum absolute atomic E-state index is 2.74. The van der Waals surface area contributed by atoms with E-state index < -0.39 is 16.1 Å². The first kappa shape index (κ1) is 36.5. The summed E-state index contributed by atoms with van der Waals surface area (Å²) in [5.74, 6) is 0. The van der Waals surface area contributed by atoms with Crippen LogP contribution >= 0.6 is 11.8 Å². The number of anilines is 3. The summed E-state index contributed by atoms with van der Waals surface area (Å²) in [4.78, 5) is 5.38. The third-order valence-corrected chi connectivity index (χ3v) is 21.3. The predicted octanol–water partition coefficient (Wildman–Crippen LogP) is 8.95. The molecule has 59 heavy (non-hydrogen) atoms. The van der Waals surface area contributed by atoms with Crippen LogP contribution in [0.4, 0.5) is 17.1 Å². The number of aryl methyl sites for hydroxylation is 3. The molecule has 0 radical (unpaired) electrons. The average molecular weight is 808 g/mol. The lowest BCUT2D eigenvalue weighted by Gasteiger charge is -2.42. The molecule has 8 aromatic rings. The van der Waals surface area contributed by atoms with E-state index in [1.54, 1.807) is 0 Å². The quantitative estimate of drug-likeness (QED) is 0.160. The average Bonchev–Trinajstić information content (AvgIpc) is 3.53. The minimum atomic E-state index is -2.74. The second-order valence-electron chi connectivity index (χ2n) is 17.9. The molecule has 0 fully saturated rings. The van der Waals surface area contributed by atoms with Crippen molar-refractivity contribution in [2.75, 3.05) is 4.90 Å². The number of nitrogens with zero attached hydrogens (tertiary/aromatic N) is 1. The fourth-order valence-corrected chi connectivity index (χ4v) is 18.2. The minimum Gasteiger partial charge on any atom is -0.311 e. The molecule has 0 aliphatic carbocycles. The molecule has 0 spiro atoms. The van der Waals surface area contributed by atoms with Crippen molar-refractivity contribution in [1.29, 1.82) is 0 Å². The van der Waals surface area contributed by atoms with Gasteiger partial charge in [-0.1, -0.05) is 188 Å². The SMILES string of the molecule is Cc1cc2c3c(c1)N(c1c(C)cccc1C)c1cc4c(cc1B3c1ccc(-c3ccc([Si](C)(C)C)cc3)cc1S2)-c1ccccc1[Si]4(c1ccccc1)c1ccccc1. The standard InChI is InChI=1S/C54H46BNSSi2/c1-35-30-48-53-50(31-35)57-49-32-39(38-24-27-40(28-25-38)58(4,5)6)26-29-45(49)55(53)46-33-44-43-22-13-14-23-51(43)59(41-18-9-7-10-19-41,42-20-11-8-12-21-42)52(44)34-47(46)56(48)54-36(2)16-15-17-37(54)3/h7-34H,1-6H3. The van der Waals surface area contributed by atoms with E-state index in [2.05, 4.69) is 215 Å². The van der Waals surface area contributed by atoms with Gasteiger partial charge in [-0.25, -0.2) is 0 Å². The Balaban J connectivity index is 1.22. The van der Waals surface area contributed by atoms with Gasteiger partial charge >= 0.3 is 0 Å². The van der Waals surface area contributed by atoms with Crippen LogP contribution in [-0.2, 0) is 0 Å².